The first-order chi connectivity index (χ1) is 11.0. The van der Waals surface area contributed by atoms with Gasteiger partial charge in [-0.25, -0.2) is 0 Å². The Morgan fingerprint density at radius 3 is 2.57 bits per heavy atom. The lowest BCUT2D eigenvalue weighted by Gasteiger charge is -2.16. The predicted molar refractivity (Wildman–Crippen MR) is 94.2 cm³/mol. The van der Waals surface area contributed by atoms with E-state index in [1.807, 2.05) is 56.3 Å². The molecular formula is C19H22ClNO2. The molecule has 2 rings (SSSR count). The lowest BCUT2D eigenvalue weighted by molar-refractivity contribution is -0.127. The van der Waals surface area contributed by atoms with Crippen LogP contribution in [0, 0.1) is 13.8 Å². The maximum atomic E-state index is 12.1. The molecule has 0 fully saturated rings. The summed E-state index contributed by atoms with van der Waals surface area (Å²) in [6.07, 6.45) is 0.236. The average Bonchev–Trinajstić information content (AvgIpc) is 2.52. The molecule has 0 bridgehead atoms. The van der Waals surface area contributed by atoms with Crippen LogP contribution in [-0.4, -0.2) is 18.6 Å². The molecule has 0 saturated heterocycles. The van der Waals surface area contributed by atoms with Gasteiger partial charge in [0.15, 0.2) is 6.10 Å². The van der Waals surface area contributed by atoms with E-state index < -0.39 is 6.10 Å². The number of nitrogens with one attached hydrogen (secondary N) is 1. The molecule has 0 spiro atoms. The maximum absolute atomic E-state index is 12.1. The molecular weight excluding hydrogens is 310 g/mol. The number of carbonyl (C=O) groups excluding carboxylic acids is 1. The average molecular weight is 332 g/mol. The molecule has 2 aromatic carbocycles. The number of amides is 1. The van der Waals surface area contributed by atoms with Gasteiger partial charge in [0.25, 0.3) is 5.91 Å². The van der Waals surface area contributed by atoms with Gasteiger partial charge >= 0.3 is 0 Å². The van der Waals surface area contributed by atoms with Gasteiger partial charge in [0.1, 0.15) is 5.75 Å². The summed E-state index contributed by atoms with van der Waals surface area (Å²) in [5.74, 6) is 0.644. The molecule has 0 aliphatic heterocycles. The van der Waals surface area contributed by atoms with Gasteiger partial charge in [0, 0.05) is 11.6 Å². The van der Waals surface area contributed by atoms with Crippen LogP contribution in [0.5, 0.6) is 5.75 Å². The van der Waals surface area contributed by atoms with Crippen LogP contribution in [0.4, 0.5) is 0 Å². The number of ether oxygens (including phenoxy) is 1. The Kier molecular flexibility index (Phi) is 6.05. The largest absolute Gasteiger partial charge is 0.481 e. The highest BCUT2D eigenvalue weighted by Gasteiger charge is 2.15. The molecule has 0 aliphatic rings. The molecule has 0 aliphatic carbocycles. The summed E-state index contributed by atoms with van der Waals surface area (Å²) in [6.45, 7) is 6.31. The zero-order valence-corrected chi connectivity index (χ0v) is 14.5. The third kappa shape index (κ3) is 5.29. The normalized spacial score (nSPS) is 11.8. The van der Waals surface area contributed by atoms with Crippen LogP contribution in [0.2, 0.25) is 5.02 Å². The standard InChI is InChI=1S/C19H22ClNO2/c1-13-4-5-14(2)18(12-13)23-15(3)19(22)21-11-10-16-6-8-17(20)9-7-16/h4-9,12,15H,10-11H2,1-3H3,(H,21,22)/t15-/m1/s1. The summed E-state index contributed by atoms with van der Waals surface area (Å²) in [6, 6.07) is 13.6. The van der Waals surface area contributed by atoms with Crippen molar-refractivity contribution >= 4 is 17.5 Å². The van der Waals surface area contributed by atoms with Crippen molar-refractivity contribution in [3.05, 3.63) is 64.2 Å². The highest BCUT2D eigenvalue weighted by molar-refractivity contribution is 6.30. The monoisotopic (exact) mass is 331 g/mol. The van der Waals surface area contributed by atoms with Crippen molar-refractivity contribution in [3.8, 4) is 5.75 Å². The van der Waals surface area contributed by atoms with Crippen molar-refractivity contribution in [1.82, 2.24) is 5.32 Å². The summed E-state index contributed by atoms with van der Waals surface area (Å²) >= 11 is 5.85. The van der Waals surface area contributed by atoms with E-state index >= 15 is 0 Å². The molecule has 122 valence electrons. The first-order valence-electron chi connectivity index (χ1n) is 7.72. The minimum Gasteiger partial charge on any atom is -0.481 e. The zero-order valence-electron chi connectivity index (χ0n) is 13.7. The summed E-state index contributed by atoms with van der Waals surface area (Å²) in [5.41, 5.74) is 3.27. The SMILES string of the molecule is Cc1ccc(C)c(O[C@H](C)C(=O)NCCc2ccc(Cl)cc2)c1. The van der Waals surface area contributed by atoms with E-state index in [9.17, 15) is 4.79 Å². The molecule has 0 unspecified atom stereocenters. The fourth-order valence-electron chi connectivity index (χ4n) is 2.20. The van der Waals surface area contributed by atoms with E-state index in [0.717, 1.165) is 28.9 Å². The van der Waals surface area contributed by atoms with E-state index in [-0.39, 0.29) is 5.91 Å². The Morgan fingerprint density at radius 1 is 1.17 bits per heavy atom. The van der Waals surface area contributed by atoms with E-state index in [2.05, 4.69) is 5.32 Å². The van der Waals surface area contributed by atoms with Gasteiger partial charge in [0.05, 0.1) is 0 Å². The summed E-state index contributed by atoms with van der Waals surface area (Å²) < 4.78 is 5.78. The molecule has 1 N–H and O–H groups in total. The lowest BCUT2D eigenvalue weighted by atomic mass is 10.1. The van der Waals surface area contributed by atoms with E-state index in [0.29, 0.717) is 11.6 Å². The van der Waals surface area contributed by atoms with Gasteiger partial charge < -0.3 is 10.1 Å². The van der Waals surface area contributed by atoms with E-state index in [4.69, 9.17) is 16.3 Å². The van der Waals surface area contributed by atoms with Gasteiger partial charge in [-0.1, -0.05) is 35.9 Å². The molecule has 2 aromatic rings. The van der Waals surface area contributed by atoms with Crippen molar-refractivity contribution in [1.29, 1.82) is 0 Å². The lowest BCUT2D eigenvalue weighted by Crippen LogP contribution is -2.37. The Bertz CT molecular complexity index is 668. The molecule has 0 heterocycles. The number of aryl methyl sites for hydroxylation is 2. The van der Waals surface area contributed by atoms with Crippen LogP contribution in [-0.2, 0) is 11.2 Å². The Morgan fingerprint density at radius 2 is 1.87 bits per heavy atom. The topological polar surface area (TPSA) is 38.3 Å². The molecule has 23 heavy (non-hydrogen) atoms. The second kappa shape index (κ2) is 8.02. The van der Waals surface area contributed by atoms with Gasteiger partial charge in [0.2, 0.25) is 0 Å². The summed E-state index contributed by atoms with van der Waals surface area (Å²) in [5, 5.41) is 3.62. The first kappa shape index (κ1) is 17.4. The van der Waals surface area contributed by atoms with Crippen molar-refractivity contribution in [2.45, 2.75) is 33.3 Å². The smallest absolute Gasteiger partial charge is 0.260 e. The van der Waals surface area contributed by atoms with Crippen LogP contribution in [0.15, 0.2) is 42.5 Å². The zero-order chi connectivity index (χ0) is 16.8. The van der Waals surface area contributed by atoms with E-state index in [1.54, 1.807) is 6.92 Å². The van der Waals surface area contributed by atoms with Crippen molar-refractivity contribution in [2.24, 2.45) is 0 Å². The van der Waals surface area contributed by atoms with Crippen molar-refractivity contribution in [2.75, 3.05) is 6.54 Å². The third-order valence-corrected chi connectivity index (χ3v) is 3.89. The van der Waals surface area contributed by atoms with Crippen molar-refractivity contribution < 1.29 is 9.53 Å². The fourth-order valence-corrected chi connectivity index (χ4v) is 2.33. The molecule has 0 saturated carbocycles. The fraction of sp³-hybridized carbons (Fsp3) is 0.316. The molecule has 4 heteroatoms. The van der Waals surface area contributed by atoms with Crippen LogP contribution in [0.3, 0.4) is 0 Å². The number of hydrogen-bond acceptors (Lipinski definition) is 2. The van der Waals surface area contributed by atoms with Crippen molar-refractivity contribution in [3.63, 3.8) is 0 Å². The van der Waals surface area contributed by atoms with Crippen LogP contribution >= 0.6 is 11.6 Å². The number of hydrogen-bond donors (Lipinski definition) is 1. The van der Waals surface area contributed by atoms with Gasteiger partial charge in [-0.3, -0.25) is 4.79 Å². The minimum absolute atomic E-state index is 0.111. The Labute approximate surface area is 142 Å². The molecule has 0 aromatic heterocycles. The van der Waals surface area contributed by atoms with E-state index in [1.165, 1.54) is 0 Å². The number of carbonyl (C=O) groups is 1. The highest BCUT2D eigenvalue weighted by atomic mass is 35.5. The van der Waals surface area contributed by atoms with Gasteiger partial charge in [-0.05, 0) is 62.1 Å². The predicted octanol–water partition coefficient (Wildman–Crippen LogP) is 4.08. The number of rotatable bonds is 6. The molecule has 0 radical (unpaired) electrons. The van der Waals surface area contributed by atoms with Crippen LogP contribution in [0.1, 0.15) is 23.6 Å². The maximum Gasteiger partial charge on any atom is 0.260 e. The second-order valence-corrected chi connectivity index (χ2v) is 6.13. The van der Waals surface area contributed by atoms with Gasteiger partial charge in [-0.2, -0.15) is 0 Å². The van der Waals surface area contributed by atoms with Crippen LogP contribution in [0.25, 0.3) is 0 Å². The highest BCUT2D eigenvalue weighted by Crippen LogP contribution is 2.20. The minimum atomic E-state index is -0.527. The quantitative estimate of drug-likeness (QED) is 0.866. The molecule has 3 nitrogen and oxygen atoms in total. The Balaban J connectivity index is 1.83. The molecule has 1 atom stereocenters. The third-order valence-electron chi connectivity index (χ3n) is 3.64. The Hall–Kier alpha value is -2.00. The molecule has 1 amide bonds. The van der Waals surface area contributed by atoms with Crippen LogP contribution < -0.4 is 10.1 Å². The summed E-state index contributed by atoms with van der Waals surface area (Å²) in [7, 11) is 0. The number of halogens is 1. The summed E-state index contributed by atoms with van der Waals surface area (Å²) in [4.78, 5) is 12.1. The second-order valence-electron chi connectivity index (χ2n) is 5.70. The number of benzene rings is 2. The van der Waals surface area contributed by atoms with Gasteiger partial charge in [-0.15, -0.1) is 0 Å². The first-order valence-corrected chi connectivity index (χ1v) is 8.09.